The van der Waals surface area contributed by atoms with E-state index >= 15 is 0 Å². The van der Waals surface area contributed by atoms with Crippen molar-refractivity contribution in [3.05, 3.63) is 29.3 Å². The molecular formula is C17H30N2O2. The van der Waals surface area contributed by atoms with Crippen molar-refractivity contribution in [2.45, 2.75) is 39.3 Å². The summed E-state index contributed by atoms with van der Waals surface area (Å²) in [6, 6.07) is 7.09. The second kappa shape index (κ2) is 9.03. The van der Waals surface area contributed by atoms with E-state index < -0.39 is 0 Å². The SMILES string of the molecule is COCCN(c1ccc(CC(C)N)c(C)c1)C(C)COC. The monoisotopic (exact) mass is 294 g/mol. The summed E-state index contributed by atoms with van der Waals surface area (Å²) >= 11 is 0. The van der Waals surface area contributed by atoms with Crippen LogP contribution in [0.2, 0.25) is 0 Å². The zero-order valence-electron chi connectivity index (χ0n) is 14.1. The number of ether oxygens (including phenoxy) is 2. The maximum atomic E-state index is 5.90. The van der Waals surface area contributed by atoms with Gasteiger partial charge < -0.3 is 20.1 Å². The summed E-state index contributed by atoms with van der Waals surface area (Å²) < 4.78 is 10.5. The highest BCUT2D eigenvalue weighted by Gasteiger charge is 2.15. The quantitative estimate of drug-likeness (QED) is 0.759. The Hall–Kier alpha value is -1.10. The molecule has 1 rings (SSSR count). The molecule has 1 aromatic rings. The largest absolute Gasteiger partial charge is 0.383 e. The highest BCUT2D eigenvalue weighted by molar-refractivity contribution is 5.51. The molecule has 0 radical (unpaired) electrons. The molecule has 2 unspecified atom stereocenters. The first kappa shape index (κ1) is 18.0. The van der Waals surface area contributed by atoms with E-state index in [0.717, 1.165) is 13.0 Å². The van der Waals surface area contributed by atoms with Crippen molar-refractivity contribution in [2.75, 3.05) is 38.9 Å². The minimum absolute atomic E-state index is 0.187. The Morgan fingerprint density at radius 3 is 2.43 bits per heavy atom. The van der Waals surface area contributed by atoms with Gasteiger partial charge in [-0.25, -0.2) is 0 Å². The molecule has 1 aromatic carbocycles. The van der Waals surface area contributed by atoms with Gasteiger partial charge in [-0.05, 0) is 50.5 Å². The molecule has 0 aromatic heterocycles. The number of nitrogens with zero attached hydrogens (tertiary/aromatic N) is 1. The minimum Gasteiger partial charge on any atom is -0.383 e. The first-order valence-corrected chi connectivity index (χ1v) is 7.59. The van der Waals surface area contributed by atoms with Gasteiger partial charge in [0.15, 0.2) is 0 Å². The summed E-state index contributed by atoms with van der Waals surface area (Å²) in [6.45, 7) is 8.62. The van der Waals surface area contributed by atoms with E-state index in [-0.39, 0.29) is 6.04 Å². The summed E-state index contributed by atoms with van der Waals surface area (Å²) in [6.07, 6.45) is 0.914. The van der Waals surface area contributed by atoms with Crippen LogP contribution in [0.5, 0.6) is 0 Å². The van der Waals surface area contributed by atoms with Crippen LogP contribution in [0.15, 0.2) is 18.2 Å². The first-order chi connectivity index (χ1) is 9.99. The van der Waals surface area contributed by atoms with Crippen LogP contribution in [0.4, 0.5) is 5.69 Å². The smallest absolute Gasteiger partial charge is 0.0663 e. The van der Waals surface area contributed by atoms with Crippen LogP contribution >= 0.6 is 0 Å². The predicted molar refractivity (Wildman–Crippen MR) is 89.1 cm³/mol. The average Bonchev–Trinajstić information content (AvgIpc) is 2.42. The Morgan fingerprint density at radius 1 is 1.19 bits per heavy atom. The van der Waals surface area contributed by atoms with Crippen LogP contribution in [-0.2, 0) is 15.9 Å². The topological polar surface area (TPSA) is 47.7 Å². The number of rotatable bonds is 9. The highest BCUT2D eigenvalue weighted by Crippen LogP contribution is 2.22. The summed E-state index contributed by atoms with van der Waals surface area (Å²) in [5.41, 5.74) is 9.72. The van der Waals surface area contributed by atoms with E-state index in [2.05, 4.69) is 36.9 Å². The third-order valence-electron chi connectivity index (χ3n) is 3.68. The molecule has 0 aliphatic carbocycles. The molecule has 0 aliphatic heterocycles. The molecule has 120 valence electrons. The summed E-state index contributed by atoms with van der Waals surface area (Å²) in [4.78, 5) is 2.33. The lowest BCUT2D eigenvalue weighted by atomic mass is 10.0. The Labute approximate surface area is 129 Å². The summed E-state index contributed by atoms with van der Waals surface area (Å²) in [7, 11) is 3.47. The van der Waals surface area contributed by atoms with E-state index in [1.807, 2.05) is 6.92 Å². The van der Waals surface area contributed by atoms with Crippen LogP contribution in [0.1, 0.15) is 25.0 Å². The van der Waals surface area contributed by atoms with Gasteiger partial charge in [0.25, 0.3) is 0 Å². The van der Waals surface area contributed by atoms with Gasteiger partial charge in [0.1, 0.15) is 0 Å². The highest BCUT2D eigenvalue weighted by atomic mass is 16.5. The third kappa shape index (κ3) is 5.65. The van der Waals surface area contributed by atoms with Crippen molar-refractivity contribution in [2.24, 2.45) is 5.73 Å². The molecule has 0 heterocycles. The molecule has 2 N–H and O–H groups in total. The third-order valence-corrected chi connectivity index (χ3v) is 3.68. The van der Waals surface area contributed by atoms with Crippen molar-refractivity contribution in [1.29, 1.82) is 0 Å². The van der Waals surface area contributed by atoms with E-state index in [1.54, 1.807) is 14.2 Å². The Bertz CT molecular complexity index is 421. The minimum atomic E-state index is 0.187. The van der Waals surface area contributed by atoms with Crippen molar-refractivity contribution >= 4 is 5.69 Å². The number of nitrogens with two attached hydrogens (primary N) is 1. The zero-order chi connectivity index (χ0) is 15.8. The molecule has 0 amide bonds. The van der Waals surface area contributed by atoms with Crippen molar-refractivity contribution in [1.82, 2.24) is 0 Å². The van der Waals surface area contributed by atoms with Gasteiger partial charge in [-0.3, -0.25) is 0 Å². The van der Waals surface area contributed by atoms with E-state index in [0.29, 0.717) is 19.3 Å². The molecule has 21 heavy (non-hydrogen) atoms. The molecular weight excluding hydrogens is 264 g/mol. The molecule has 4 nitrogen and oxygen atoms in total. The maximum Gasteiger partial charge on any atom is 0.0663 e. The van der Waals surface area contributed by atoms with Crippen LogP contribution in [-0.4, -0.2) is 46.1 Å². The Kier molecular flexibility index (Phi) is 7.72. The van der Waals surface area contributed by atoms with E-state index in [9.17, 15) is 0 Å². The lowest BCUT2D eigenvalue weighted by Crippen LogP contribution is -2.38. The van der Waals surface area contributed by atoms with Crippen LogP contribution < -0.4 is 10.6 Å². The van der Waals surface area contributed by atoms with Crippen LogP contribution in [0.3, 0.4) is 0 Å². The van der Waals surface area contributed by atoms with Gasteiger partial charge >= 0.3 is 0 Å². The molecule has 0 fully saturated rings. The molecule has 2 atom stereocenters. The van der Waals surface area contributed by atoms with Gasteiger partial charge in [0, 0.05) is 38.5 Å². The predicted octanol–water partition coefficient (Wildman–Crippen LogP) is 2.37. The number of methoxy groups -OCH3 is 2. The number of anilines is 1. The molecule has 4 heteroatoms. The second-order valence-corrected chi connectivity index (χ2v) is 5.78. The summed E-state index contributed by atoms with van der Waals surface area (Å²) in [5, 5.41) is 0. The Morgan fingerprint density at radius 2 is 1.90 bits per heavy atom. The molecule has 0 aliphatic rings. The Balaban J connectivity index is 2.93. The lowest BCUT2D eigenvalue weighted by Gasteiger charge is -2.31. The van der Waals surface area contributed by atoms with Crippen molar-refractivity contribution in [3.63, 3.8) is 0 Å². The normalized spacial score (nSPS) is 14.0. The molecule has 0 spiro atoms. The second-order valence-electron chi connectivity index (χ2n) is 5.78. The van der Waals surface area contributed by atoms with Gasteiger partial charge in [0.05, 0.1) is 13.2 Å². The first-order valence-electron chi connectivity index (χ1n) is 7.59. The fourth-order valence-corrected chi connectivity index (χ4v) is 2.56. The van der Waals surface area contributed by atoms with Crippen LogP contribution in [0.25, 0.3) is 0 Å². The average molecular weight is 294 g/mol. The van der Waals surface area contributed by atoms with E-state index in [1.165, 1.54) is 16.8 Å². The van der Waals surface area contributed by atoms with Gasteiger partial charge in [-0.2, -0.15) is 0 Å². The zero-order valence-corrected chi connectivity index (χ0v) is 14.1. The molecule has 0 saturated carbocycles. The number of benzene rings is 1. The lowest BCUT2D eigenvalue weighted by molar-refractivity contribution is 0.171. The fraction of sp³-hybridized carbons (Fsp3) is 0.647. The maximum absolute atomic E-state index is 5.90. The van der Waals surface area contributed by atoms with Crippen molar-refractivity contribution in [3.8, 4) is 0 Å². The fourth-order valence-electron chi connectivity index (χ4n) is 2.56. The van der Waals surface area contributed by atoms with E-state index in [4.69, 9.17) is 15.2 Å². The van der Waals surface area contributed by atoms with Gasteiger partial charge in [0.2, 0.25) is 0 Å². The standard InChI is InChI=1S/C17H30N2O2/c1-13-10-17(7-6-16(13)11-14(2)18)19(8-9-20-4)15(3)12-21-5/h6-7,10,14-15H,8-9,11-12,18H2,1-5H3. The number of hydrogen-bond donors (Lipinski definition) is 1. The van der Waals surface area contributed by atoms with Crippen LogP contribution in [0, 0.1) is 6.92 Å². The molecule has 0 saturated heterocycles. The number of hydrogen-bond acceptors (Lipinski definition) is 4. The summed E-state index contributed by atoms with van der Waals surface area (Å²) in [5.74, 6) is 0. The molecule has 0 bridgehead atoms. The van der Waals surface area contributed by atoms with Gasteiger partial charge in [-0.1, -0.05) is 6.07 Å². The number of aryl methyl sites for hydroxylation is 1. The van der Waals surface area contributed by atoms with Crippen molar-refractivity contribution < 1.29 is 9.47 Å². The van der Waals surface area contributed by atoms with Gasteiger partial charge in [-0.15, -0.1) is 0 Å².